The van der Waals surface area contributed by atoms with Gasteiger partial charge in [-0.3, -0.25) is 19.5 Å². The lowest BCUT2D eigenvalue weighted by Crippen LogP contribution is -2.39. The van der Waals surface area contributed by atoms with Gasteiger partial charge in [-0.1, -0.05) is 35.6 Å². The standard InChI is InChI=1S/C24H21N3O5S2/c1-4-32-23(29)20-14(2)25-24-26(21(20)16-8-10-18(33-3)11-9-16)22(28)19(34-24)13-15-6-5-7-17(12-15)27(30)31/h5-13,21H,4H2,1-3H3/b19-13-/t21-/m0/s1. The zero-order valence-corrected chi connectivity index (χ0v) is 20.3. The van der Waals surface area contributed by atoms with Crippen molar-refractivity contribution in [3.8, 4) is 0 Å². The highest BCUT2D eigenvalue weighted by Gasteiger charge is 2.33. The Hall–Kier alpha value is -3.50. The maximum absolute atomic E-state index is 13.5. The molecule has 3 aromatic rings. The van der Waals surface area contributed by atoms with Crippen LogP contribution in [0.4, 0.5) is 5.69 Å². The van der Waals surface area contributed by atoms with Crippen molar-refractivity contribution in [3.05, 3.63) is 101 Å². The normalized spacial score (nSPS) is 15.6. The quantitative estimate of drug-likeness (QED) is 0.225. The molecular weight excluding hydrogens is 474 g/mol. The van der Waals surface area contributed by atoms with Gasteiger partial charge in [0.25, 0.3) is 11.2 Å². The van der Waals surface area contributed by atoms with E-state index in [2.05, 4.69) is 4.99 Å². The topological polar surface area (TPSA) is 104 Å². The van der Waals surface area contributed by atoms with Gasteiger partial charge in [-0.15, -0.1) is 11.8 Å². The van der Waals surface area contributed by atoms with E-state index >= 15 is 0 Å². The fourth-order valence-electron chi connectivity index (χ4n) is 3.77. The Labute approximate surface area is 203 Å². The summed E-state index contributed by atoms with van der Waals surface area (Å²) in [6.07, 6.45) is 3.58. The number of rotatable bonds is 6. The molecule has 2 heterocycles. The molecular formula is C24H21N3O5S2. The van der Waals surface area contributed by atoms with Crippen molar-refractivity contribution >= 4 is 40.8 Å². The van der Waals surface area contributed by atoms with Gasteiger partial charge >= 0.3 is 5.97 Å². The zero-order valence-electron chi connectivity index (χ0n) is 18.7. The Bertz CT molecular complexity index is 1490. The number of benzene rings is 2. The average molecular weight is 496 g/mol. The first-order valence-corrected chi connectivity index (χ1v) is 12.5. The lowest BCUT2D eigenvalue weighted by Gasteiger charge is -2.24. The number of thiazole rings is 1. The number of nitro groups is 1. The Morgan fingerprint density at radius 2 is 2.03 bits per heavy atom. The molecule has 1 aromatic heterocycles. The smallest absolute Gasteiger partial charge is 0.338 e. The predicted octanol–water partition coefficient (Wildman–Crippen LogP) is 3.43. The van der Waals surface area contributed by atoms with Crippen molar-refractivity contribution in [3.63, 3.8) is 0 Å². The number of nitrogens with zero attached hydrogens (tertiary/aromatic N) is 3. The number of ether oxygens (including phenoxy) is 1. The van der Waals surface area contributed by atoms with Crippen molar-refractivity contribution in [2.24, 2.45) is 4.99 Å². The highest BCUT2D eigenvalue weighted by molar-refractivity contribution is 7.98. The maximum Gasteiger partial charge on any atom is 0.338 e. The summed E-state index contributed by atoms with van der Waals surface area (Å²) >= 11 is 2.77. The second-order valence-corrected chi connectivity index (χ2v) is 9.32. The van der Waals surface area contributed by atoms with E-state index in [1.54, 1.807) is 43.8 Å². The van der Waals surface area contributed by atoms with Gasteiger partial charge in [0.1, 0.15) is 0 Å². The van der Waals surface area contributed by atoms with Gasteiger partial charge in [0, 0.05) is 17.0 Å². The number of hydrogen-bond acceptors (Lipinski definition) is 8. The van der Waals surface area contributed by atoms with Crippen LogP contribution < -0.4 is 14.9 Å². The predicted molar refractivity (Wildman–Crippen MR) is 132 cm³/mol. The summed E-state index contributed by atoms with van der Waals surface area (Å²) in [5.41, 5.74) is 1.70. The minimum Gasteiger partial charge on any atom is -0.463 e. The average Bonchev–Trinajstić information content (AvgIpc) is 3.12. The lowest BCUT2D eigenvalue weighted by molar-refractivity contribution is -0.384. The van der Waals surface area contributed by atoms with E-state index in [-0.39, 0.29) is 17.9 Å². The Morgan fingerprint density at radius 1 is 1.29 bits per heavy atom. The third-order valence-corrected chi connectivity index (χ3v) is 7.05. The number of thioether (sulfide) groups is 1. The largest absolute Gasteiger partial charge is 0.463 e. The number of non-ortho nitro benzene ring substituents is 1. The first-order valence-electron chi connectivity index (χ1n) is 10.4. The van der Waals surface area contributed by atoms with Crippen LogP contribution in [-0.4, -0.2) is 28.3 Å². The molecule has 4 rings (SSSR count). The molecule has 8 nitrogen and oxygen atoms in total. The molecule has 34 heavy (non-hydrogen) atoms. The number of allylic oxidation sites excluding steroid dienone is 1. The van der Waals surface area contributed by atoms with E-state index in [9.17, 15) is 19.7 Å². The summed E-state index contributed by atoms with van der Waals surface area (Å²) in [7, 11) is 0. The van der Waals surface area contributed by atoms with Crippen LogP contribution in [0.3, 0.4) is 0 Å². The van der Waals surface area contributed by atoms with E-state index in [1.807, 2.05) is 30.5 Å². The van der Waals surface area contributed by atoms with E-state index in [4.69, 9.17) is 4.74 Å². The number of carbonyl (C=O) groups excluding carboxylic acids is 1. The van der Waals surface area contributed by atoms with Crippen molar-refractivity contribution in [2.75, 3.05) is 12.9 Å². The molecule has 0 radical (unpaired) electrons. The summed E-state index contributed by atoms with van der Waals surface area (Å²) in [4.78, 5) is 43.1. The molecule has 0 saturated carbocycles. The first kappa shape index (κ1) is 23.7. The summed E-state index contributed by atoms with van der Waals surface area (Å²) in [6, 6.07) is 13.0. The van der Waals surface area contributed by atoms with Crippen LogP contribution in [0.15, 0.2) is 74.5 Å². The minimum atomic E-state index is -0.696. The zero-order chi connectivity index (χ0) is 24.4. The molecule has 0 aliphatic carbocycles. The molecule has 174 valence electrons. The van der Waals surface area contributed by atoms with Crippen LogP contribution in [0, 0.1) is 10.1 Å². The molecule has 1 atom stereocenters. The summed E-state index contributed by atoms with van der Waals surface area (Å²) in [5, 5.41) is 11.1. The van der Waals surface area contributed by atoms with Gasteiger partial charge in [-0.2, -0.15) is 0 Å². The van der Waals surface area contributed by atoms with Crippen LogP contribution in [0.5, 0.6) is 0 Å². The Morgan fingerprint density at radius 3 is 2.68 bits per heavy atom. The van der Waals surface area contributed by atoms with Crippen molar-refractivity contribution in [1.82, 2.24) is 4.57 Å². The Balaban J connectivity index is 1.93. The monoisotopic (exact) mass is 495 g/mol. The van der Waals surface area contributed by atoms with Gasteiger partial charge in [-0.25, -0.2) is 9.79 Å². The van der Waals surface area contributed by atoms with E-state index in [0.29, 0.717) is 26.2 Å². The van der Waals surface area contributed by atoms with Crippen LogP contribution in [0.2, 0.25) is 0 Å². The summed E-state index contributed by atoms with van der Waals surface area (Å²) in [5.74, 6) is -0.518. The van der Waals surface area contributed by atoms with Crippen LogP contribution in [0.25, 0.3) is 6.08 Å². The SMILES string of the molecule is CCOC(=O)C1=C(C)N=c2s/c(=C\c3cccc([N+](=O)[O-])c3)c(=O)n2[C@H]1c1ccc(SC)cc1. The van der Waals surface area contributed by atoms with E-state index < -0.39 is 16.9 Å². The highest BCUT2D eigenvalue weighted by atomic mass is 32.2. The van der Waals surface area contributed by atoms with Crippen LogP contribution in [0.1, 0.15) is 31.0 Å². The van der Waals surface area contributed by atoms with Gasteiger partial charge in [0.2, 0.25) is 0 Å². The van der Waals surface area contributed by atoms with Crippen LogP contribution in [-0.2, 0) is 9.53 Å². The molecule has 0 saturated heterocycles. The summed E-state index contributed by atoms with van der Waals surface area (Å²) < 4.78 is 7.16. The maximum atomic E-state index is 13.5. The molecule has 0 spiro atoms. The first-order chi connectivity index (χ1) is 16.3. The highest BCUT2D eigenvalue weighted by Crippen LogP contribution is 2.31. The van der Waals surface area contributed by atoms with Crippen molar-refractivity contribution < 1.29 is 14.5 Å². The third-order valence-electron chi connectivity index (χ3n) is 5.33. The molecule has 1 aliphatic rings. The molecule has 1 aliphatic heterocycles. The molecule has 2 aromatic carbocycles. The van der Waals surface area contributed by atoms with E-state index in [0.717, 1.165) is 10.5 Å². The molecule has 0 N–H and O–H groups in total. The van der Waals surface area contributed by atoms with Crippen LogP contribution >= 0.6 is 23.1 Å². The number of hydrogen-bond donors (Lipinski definition) is 0. The fraction of sp³-hybridized carbons (Fsp3) is 0.208. The fourth-order valence-corrected chi connectivity index (χ4v) is 5.23. The molecule has 0 bridgehead atoms. The summed E-state index contributed by atoms with van der Waals surface area (Å²) in [6.45, 7) is 3.66. The molecule has 10 heteroatoms. The second kappa shape index (κ2) is 9.78. The van der Waals surface area contributed by atoms with Crippen molar-refractivity contribution in [1.29, 1.82) is 0 Å². The number of nitro benzene ring substituents is 1. The number of fused-ring (bicyclic) bond motifs is 1. The Kier molecular flexibility index (Phi) is 6.80. The van der Waals surface area contributed by atoms with Gasteiger partial charge in [0.05, 0.1) is 33.4 Å². The second-order valence-electron chi connectivity index (χ2n) is 7.43. The van der Waals surface area contributed by atoms with Gasteiger partial charge in [0.15, 0.2) is 4.80 Å². The van der Waals surface area contributed by atoms with Crippen molar-refractivity contribution in [2.45, 2.75) is 24.8 Å². The van der Waals surface area contributed by atoms with Gasteiger partial charge in [-0.05, 0) is 49.4 Å². The lowest BCUT2D eigenvalue weighted by atomic mass is 9.96. The van der Waals surface area contributed by atoms with E-state index in [1.165, 1.54) is 28.0 Å². The molecule has 0 amide bonds. The molecule has 0 unspecified atom stereocenters. The minimum absolute atomic E-state index is 0.0614. The number of aromatic nitrogens is 1. The number of carbonyl (C=O) groups is 1. The van der Waals surface area contributed by atoms with Gasteiger partial charge < -0.3 is 4.74 Å². The molecule has 0 fully saturated rings. The number of esters is 1. The third kappa shape index (κ3) is 4.46.